The van der Waals surface area contributed by atoms with Crippen LogP contribution >= 0.6 is 0 Å². The van der Waals surface area contributed by atoms with Gasteiger partial charge in [0.05, 0.1) is 0 Å². The number of nitrogens with zero attached hydrogens (tertiary/aromatic N) is 3. The minimum atomic E-state index is 0.881. The average Bonchev–Trinajstić information content (AvgIpc) is 2.43. The Kier molecular flexibility index (Phi) is 3.53. The molecule has 104 valence electrons. The first-order valence-corrected chi connectivity index (χ1v) is 7.22. The first-order chi connectivity index (χ1) is 9.63. The van der Waals surface area contributed by atoms with Gasteiger partial charge in [-0.15, -0.1) is 0 Å². The average molecular weight is 267 g/mol. The van der Waals surface area contributed by atoms with Gasteiger partial charge in [-0.25, -0.2) is 9.97 Å². The van der Waals surface area contributed by atoms with Crippen molar-refractivity contribution < 1.29 is 0 Å². The molecule has 0 bridgehead atoms. The van der Waals surface area contributed by atoms with Crippen molar-refractivity contribution in [2.24, 2.45) is 0 Å². The standard InChI is InChI=1S/C17H21N3/c1-12-5-4-6-13(2)16(12)11-20-8-7-17-15(10-20)9-18-14(3)19-17/h4-6,9H,7-8,10-11H2,1-3H3. The number of rotatable bonds is 2. The molecule has 0 fully saturated rings. The van der Waals surface area contributed by atoms with E-state index < -0.39 is 0 Å². The second-order valence-corrected chi connectivity index (χ2v) is 5.72. The summed E-state index contributed by atoms with van der Waals surface area (Å²) in [5.74, 6) is 0.881. The molecule has 3 heteroatoms. The van der Waals surface area contributed by atoms with Gasteiger partial charge in [-0.05, 0) is 37.5 Å². The molecule has 0 saturated heterocycles. The highest BCUT2D eigenvalue weighted by Gasteiger charge is 2.19. The number of hydrogen-bond donors (Lipinski definition) is 0. The van der Waals surface area contributed by atoms with Gasteiger partial charge in [0.25, 0.3) is 0 Å². The lowest BCUT2D eigenvalue weighted by atomic mass is 10.0. The third-order valence-electron chi connectivity index (χ3n) is 4.16. The van der Waals surface area contributed by atoms with Crippen molar-refractivity contribution in [3.05, 3.63) is 58.2 Å². The smallest absolute Gasteiger partial charge is 0.125 e. The van der Waals surface area contributed by atoms with Crippen molar-refractivity contribution in [2.45, 2.75) is 40.3 Å². The number of fused-ring (bicyclic) bond motifs is 1. The second-order valence-electron chi connectivity index (χ2n) is 5.72. The van der Waals surface area contributed by atoms with Crippen LogP contribution in [0.5, 0.6) is 0 Å². The summed E-state index contributed by atoms with van der Waals surface area (Å²) >= 11 is 0. The lowest BCUT2D eigenvalue weighted by molar-refractivity contribution is 0.241. The topological polar surface area (TPSA) is 29.0 Å². The molecule has 0 amide bonds. The predicted octanol–water partition coefficient (Wildman–Crippen LogP) is 2.96. The van der Waals surface area contributed by atoms with Crippen LogP contribution in [0, 0.1) is 20.8 Å². The molecule has 0 aliphatic carbocycles. The summed E-state index contributed by atoms with van der Waals surface area (Å²) in [4.78, 5) is 11.4. The lowest BCUT2D eigenvalue weighted by Crippen LogP contribution is -2.31. The number of aromatic nitrogens is 2. The molecule has 0 saturated carbocycles. The fourth-order valence-electron chi connectivity index (χ4n) is 2.93. The van der Waals surface area contributed by atoms with Crippen molar-refractivity contribution in [2.75, 3.05) is 6.54 Å². The molecule has 1 aromatic carbocycles. The van der Waals surface area contributed by atoms with Crippen molar-refractivity contribution in [1.29, 1.82) is 0 Å². The normalized spacial score (nSPS) is 15.2. The van der Waals surface area contributed by atoms with Gasteiger partial charge in [0.1, 0.15) is 5.82 Å². The van der Waals surface area contributed by atoms with E-state index in [1.165, 1.54) is 27.9 Å². The van der Waals surface area contributed by atoms with Gasteiger partial charge in [-0.2, -0.15) is 0 Å². The zero-order chi connectivity index (χ0) is 14.1. The molecule has 2 aromatic rings. The van der Waals surface area contributed by atoms with E-state index in [1.54, 1.807) is 0 Å². The Morgan fingerprint density at radius 2 is 1.90 bits per heavy atom. The lowest BCUT2D eigenvalue weighted by Gasteiger charge is -2.29. The monoisotopic (exact) mass is 267 g/mol. The van der Waals surface area contributed by atoms with Gasteiger partial charge >= 0.3 is 0 Å². The Morgan fingerprint density at radius 3 is 2.65 bits per heavy atom. The Labute approximate surface area is 120 Å². The maximum Gasteiger partial charge on any atom is 0.125 e. The van der Waals surface area contributed by atoms with Crippen LogP contribution in [-0.2, 0) is 19.5 Å². The third-order valence-corrected chi connectivity index (χ3v) is 4.16. The van der Waals surface area contributed by atoms with Crippen LogP contribution in [0.2, 0.25) is 0 Å². The maximum atomic E-state index is 4.55. The Balaban J connectivity index is 1.79. The molecule has 0 radical (unpaired) electrons. The summed E-state index contributed by atoms with van der Waals surface area (Å²) in [6.07, 6.45) is 3.03. The maximum absolute atomic E-state index is 4.55. The van der Waals surface area contributed by atoms with Crippen LogP contribution < -0.4 is 0 Å². The zero-order valence-electron chi connectivity index (χ0n) is 12.5. The van der Waals surface area contributed by atoms with Crippen molar-refractivity contribution >= 4 is 0 Å². The molecule has 0 spiro atoms. The van der Waals surface area contributed by atoms with Crippen LogP contribution in [0.1, 0.15) is 33.8 Å². The van der Waals surface area contributed by atoms with E-state index in [1.807, 2.05) is 13.1 Å². The second kappa shape index (κ2) is 5.33. The third kappa shape index (κ3) is 2.59. The van der Waals surface area contributed by atoms with Gasteiger partial charge in [0.15, 0.2) is 0 Å². The molecule has 0 unspecified atom stereocenters. The number of hydrogen-bond acceptors (Lipinski definition) is 3. The molecule has 0 N–H and O–H groups in total. The van der Waals surface area contributed by atoms with E-state index in [-0.39, 0.29) is 0 Å². The quantitative estimate of drug-likeness (QED) is 0.837. The molecule has 2 heterocycles. The van der Waals surface area contributed by atoms with Crippen LogP contribution in [0.3, 0.4) is 0 Å². The van der Waals surface area contributed by atoms with Crippen molar-refractivity contribution in [3.63, 3.8) is 0 Å². The number of benzene rings is 1. The highest BCUT2D eigenvalue weighted by Crippen LogP contribution is 2.21. The van der Waals surface area contributed by atoms with Gasteiger partial charge in [0, 0.05) is 43.5 Å². The largest absolute Gasteiger partial charge is 0.294 e. The summed E-state index contributed by atoms with van der Waals surface area (Å²) in [6.45, 7) is 9.43. The van der Waals surface area contributed by atoms with Crippen LogP contribution in [-0.4, -0.2) is 21.4 Å². The highest BCUT2D eigenvalue weighted by atomic mass is 15.1. The Hall–Kier alpha value is -1.74. The molecule has 3 rings (SSSR count). The van der Waals surface area contributed by atoms with E-state index in [2.05, 4.69) is 46.9 Å². The summed E-state index contributed by atoms with van der Waals surface area (Å²) in [7, 11) is 0. The van der Waals surface area contributed by atoms with Crippen molar-refractivity contribution in [1.82, 2.24) is 14.9 Å². The van der Waals surface area contributed by atoms with E-state index >= 15 is 0 Å². The molecular formula is C17H21N3. The minimum absolute atomic E-state index is 0.881. The minimum Gasteiger partial charge on any atom is -0.294 e. The Morgan fingerprint density at radius 1 is 1.15 bits per heavy atom. The Bertz CT molecular complexity index is 614. The van der Waals surface area contributed by atoms with Gasteiger partial charge < -0.3 is 0 Å². The molecule has 3 nitrogen and oxygen atoms in total. The first-order valence-electron chi connectivity index (χ1n) is 7.22. The summed E-state index contributed by atoms with van der Waals surface area (Å²) in [5, 5.41) is 0. The van der Waals surface area contributed by atoms with E-state index in [9.17, 15) is 0 Å². The SMILES string of the molecule is Cc1ncc2c(n1)CCN(Cc1c(C)cccc1C)C2. The predicted molar refractivity (Wildman–Crippen MR) is 80.5 cm³/mol. The van der Waals surface area contributed by atoms with Crippen molar-refractivity contribution in [3.8, 4) is 0 Å². The van der Waals surface area contributed by atoms with Crippen LogP contribution in [0.4, 0.5) is 0 Å². The van der Waals surface area contributed by atoms with E-state index in [0.717, 1.165) is 31.9 Å². The summed E-state index contributed by atoms with van der Waals surface area (Å²) < 4.78 is 0. The summed E-state index contributed by atoms with van der Waals surface area (Å²) in [5.41, 5.74) is 6.75. The summed E-state index contributed by atoms with van der Waals surface area (Å²) in [6, 6.07) is 6.54. The molecule has 0 atom stereocenters. The molecule has 1 aromatic heterocycles. The van der Waals surface area contributed by atoms with Gasteiger partial charge in [-0.3, -0.25) is 4.90 Å². The zero-order valence-corrected chi connectivity index (χ0v) is 12.5. The fraction of sp³-hybridized carbons (Fsp3) is 0.412. The number of aryl methyl sites for hydroxylation is 3. The highest BCUT2D eigenvalue weighted by molar-refractivity contribution is 5.33. The van der Waals surface area contributed by atoms with Crippen LogP contribution in [0.25, 0.3) is 0 Å². The van der Waals surface area contributed by atoms with Crippen LogP contribution in [0.15, 0.2) is 24.4 Å². The van der Waals surface area contributed by atoms with Gasteiger partial charge in [0.2, 0.25) is 0 Å². The molecule has 1 aliphatic rings. The van der Waals surface area contributed by atoms with Gasteiger partial charge in [-0.1, -0.05) is 18.2 Å². The molecule has 20 heavy (non-hydrogen) atoms. The molecule has 1 aliphatic heterocycles. The van der Waals surface area contributed by atoms with E-state index in [0.29, 0.717) is 0 Å². The fourth-order valence-corrected chi connectivity index (χ4v) is 2.93. The first kappa shape index (κ1) is 13.3. The molecular weight excluding hydrogens is 246 g/mol. The van der Waals surface area contributed by atoms with E-state index in [4.69, 9.17) is 0 Å².